The van der Waals surface area contributed by atoms with E-state index in [2.05, 4.69) is 43.1 Å². The summed E-state index contributed by atoms with van der Waals surface area (Å²) in [4.78, 5) is 0. The maximum atomic E-state index is 4.79. The van der Waals surface area contributed by atoms with Gasteiger partial charge in [0.15, 0.2) is 0 Å². The van der Waals surface area contributed by atoms with Crippen molar-refractivity contribution in [1.29, 1.82) is 0 Å². The fraction of sp³-hybridized carbons (Fsp3) is 0.174. The fourth-order valence-electron chi connectivity index (χ4n) is 2.94. The number of hydrogen-bond acceptors (Lipinski definition) is 3. The lowest BCUT2D eigenvalue weighted by atomic mass is 9.86. The molecule has 0 atom stereocenters. The molecule has 0 spiro atoms. The third kappa shape index (κ3) is 3.65. The summed E-state index contributed by atoms with van der Waals surface area (Å²) in [6.45, 7) is 6.58. The lowest BCUT2D eigenvalue weighted by Crippen LogP contribution is -2.10. The van der Waals surface area contributed by atoms with Crippen molar-refractivity contribution in [3.63, 3.8) is 0 Å². The number of aromatic nitrogens is 2. The van der Waals surface area contributed by atoms with Crippen LogP contribution in [0.25, 0.3) is 16.6 Å². The molecule has 1 aromatic heterocycles. The first-order valence-corrected chi connectivity index (χ1v) is 9.07. The number of para-hydroxylation sites is 1. The molecule has 4 nitrogen and oxygen atoms in total. The van der Waals surface area contributed by atoms with Crippen LogP contribution in [0.15, 0.2) is 89.2 Å². The van der Waals surface area contributed by atoms with Crippen LogP contribution < -0.4 is 0 Å². The molecule has 4 aromatic rings. The van der Waals surface area contributed by atoms with E-state index >= 15 is 0 Å². The van der Waals surface area contributed by atoms with Crippen LogP contribution in [0.2, 0.25) is 0 Å². The summed E-state index contributed by atoms with van der Waals surface area (Å²) in [5, 5.41) is 14.8. The van der Waals surface area contributed by atoms with Gasteiger partial charge in [0.25, 0.3) is 0 Å². The SMILES string of the molecule is CC(C)(C)c1cc(N=Nc2ccccc2)c2cn(-c3ccccc3)nc2c1. The molecule has 134 valence electrons. The quantitative estimate of drug-likeness (QED) is 0.376. The predicted molar refractivity (Wildman–Crippen MR) is 110 cm³/mol. The Morgan fingerprint density at radius 1 is 0.815 bits per heavy atom. The maximum Gasteiger partial charge on any atom is 0.0970 e. The average Bonchev–Trinajstić information content (AvgIpc) is 3.11. The maximum absolute atomic E-state index is 4.79. The number of nitrogens with zero attached hydrogens (tertiary/aromatic N) is 4. The van der Waals surface area contributed by atoms with Crippen LogP contribution in [-0.2, 0) is 5.41 Å². The van der Waals surface area contributed by atoms with Crippen LogP contribution in [0.3, 0.4) is 0 Å². The summed E-state index contributed by atoms with van der Waals surface area (Å²) in [6.07, 6.45) is 2.02. The van der Waals surface area contributed by atoms with Crippen LogP contribution in [0.4, 0.5) is 11.4 Å². The molecule has 0 saturated carbocycles. The van der Waals surface area contributed by atoms with Crippen LogP contribution in [0.5, 0.6) is 0 Å². The summed E-state index contributed by atoms with van der Waals surface area (Å²) in [5.41, 5.74) is 4.81. The first-order chi connectivity index (χ1) is 13.0. The highest BCUT2D eigenvalue weighted by molar-refractivity contribution is 5.90. The molecule has 0 bridgehead atoms. The van der Waals surface area contributed by atoms with Crippen LogP contribution in [-0.4, -0.2) is 9.78 Å². The van der Waals surface area contributed by atoms with E-state index in [-0.39, 0.29) is 5.41 Å². The van der Waals surface area contributed by atoms with Crippen molar-refractivity contribution in [2.75, 3.05) is 0 Å². The van der Waals surface area contributed by atoms with Gasteiger partial charge in [-0.1, -0.05) is 57.2 Å². The van der Waals surface area contributed by atoms with Crippen molar-refractivity contribution < 1.29 is 0 Å². The van der Waals surface area contributed by atoms with Gasteiger partial charge in [0, 0.05) is 11.6 Å². The fourth-order valence-corrected chi connectivity index (χ4v) is 2.94. The van der Waals surface area contributed by atoms with E-state index in [0.717, 1.165) is 28.0 Å². The Hall–Kier alpha value is -3.27. The largest absolute Gasteiger partial charge is 0.240 e. The zero-order chi connectivity index (χ0) is 18.9. The van der Waals surface area contributed by atoms with E-state index in [0.29, 0.717) is 0 Å². The molecule has 0 aliphatic heterocycles. The van der Waals surface area contributed by atoms with E-state index in [1.807, 2.05) is 71.5 Å². The lowest BCUT2D eigenvalue weighted by molar-refractivity contribution is 0.591. The summed E-state index contributed by atoms with van der Waals surface area (Å²) >= 11 is 0. The molecular formula is C23H22N4. The zero-order valence-electron chi connectivity index (χ0n) is 15.8. The molecule has 0 fully saturated rings. The van der Waals surface area contributed by atoms with Crippen LogP contribution in [0.1, 0.15) is 26.3 Å². The highest BCUT2D eigenvalue weighted by Crippen LogP contribution is 2.34. The van der Waals surface area contributed by atoms with Gasteiger partial charge in [-0.2, -0.15) is 10.2 Å². The van der Waals surface area contributed by atoms with Gasteiger partial charge in [-0.15, -0.1) is 5.11 Å². The normalized spacial score (nSPS) is 12.1. The predicted octanol–water partition coefficient (Wildman–Crippen LogP) is 6.74. The number of benzene rings is 3. The number of rotatable bonds is 3. The van der Waals surface area contributed by atoms with Gasteiger partial charge in [-0.25, -0.2) is 4.68 Å². The van der Waals surface area contributed by atoms with Crippen molar-refractivity contribution in [1.82, 2.24) is 9.78 Å². The Morgan fingerprint density at radius 2 is 1.48 bits per heavy atom. The van der Waals surface area contributed by atoms with Crippen molar-refractivity contribution in [3.05, 3.63) is 84.6 Å². The van der Waals surface area contributed by atoms with Crippen molar-refractivity contribution in [2.24, 2.45) is 10.2 Å². The molecular weight excluding hydrogens is 332 g/mol. The van der Waals surface area contributed by atoms with E-state index < -0.39 is 0 Å². The van der Waals surface area contributed by atoms with Gasteiger partial charge >= 0.3 is 0 Å². The molecule has 0 N–H and O–H groups in total. The second kappa shape index (κ2) is 6.80. The molecule has 0 aliphatic carbocycles. The molecule has 1 heterocycles. The van der Waals surface area contributed by atoms with E-state index in [1.165, 1.54) is 5.56 Å². The third-order valence-corrected chi connectivity index (χ3v) is 4.52. The van der Waals surface area contributed by atoms with E-state index in [9.17, 15) is 0 Å². The summed E-state index contributed by atoms with van der Waals surface area (Å²) in [6, 6.07) is 24.2. The minimum atomic E-state index is 0.00172. The minimum absolute atomic E-state index is 0.00172. The average molecular weight is 354 g/mol. The zero-order valence-corrected chi connectivity index (χ0v) is 15.8. The topological polar surface area (TPSA) is 42.5 Å². The van der Waals surface area contributed by atoms with Gasteiger partial charge in [-0.05, 0) is 47.4 Å². The summed E-state index contributed by atoms with van der Waals surface area (Å²) < 4.78 is 1.90. The van der Waals surface area contributed by atoms with Gasteiger partial charge in [-0.3, -0.25) is 0 Å². The molecule has 0 unspecified atom stereocenters. The standard InChI is InChI=1S/C23H22N4/c1-23(2,3)17-14-21(25-24-18-10-6-4-7-11-18)20-16-27(26-22(20)15-17)19-12-8-5-9-13-19/h4-16H,1-3H3. The highest BCUT2D eigenvalue weighted by Gasteiger charge is 2.18. The second-order valence-corrected chi connectivity index (χ2v) is 7.62. The molecule has 0 saturated heterocycles. The van der Waals surface area contributed by atoms with Gasteiger partial charge in [0.2, 0.25) is 0 Å². The first kappa shape index (κ1) is 17.2. The molecule has 0 radical (unpaired) electrons. The van der Waals surface area contributed by atoms with Gasteiger partial charge in [0.1, 0.15) is 0 Å². The molecule has 4 heteroatoms. The lowest BCUT2D eigenvalue weighted by Gasteiger charge is -2.19. The molecule has 0 amide bonds. The Balaban J connectivity index is 1.87. The number of fused-ring (bicyclic) bond motifs is 1. The summed E-state index contributed by atoms with van der Waals surface area (Å²) in [5.74, 6) is 0. The Morgan fingerprint density at radius 3 is 2.15 bits per heavy atom. The Kier molecular flexibility index (Phi) is 4.32. The van der Waals surface area contributed by atoms with Gasteiger partial charge in [0.05, 0.1) is 22.6 Å². The molecule has 0 aliphatic rings. The van der Waals surface area contributed by atoms with E-state index in [1.54, 1.807) is 0 Å². The molecule has 3 aromatic carbocycles. The molecule has 27 heavy (non-hydrogen) atoms. The smallest absolute Gasteiger partial charge is 0.0970 e. The number of hydrogen-bond donors (Lipinski definition) is 0. The minimum Gasteiger partial charge on any atom is -0.240 e. The van der Waals surface area contributed by atoms with Crippen molar-refractivity contribution in [2.45, 2.75) is 26.2 Å². The monoisotopic (exact) mass is 354 g/mol. The Labute approximate surface area is 159 Å². The van der Waals surface area contributed by atoms with Gasteiger partial charge < -0.3 is 0 Å². The highest BCUT2D eigenvalue weighted by atomic mass is 15.3. The van der Waals surface area contributed by atoms with Crippen molar-refractivity contribution >= 4 is 22.3 Å². The molecule has 4 rings (SSSR count). The second-order valence-electron chi connectivity index (χ2n) is 7.62. The number of azo groups is 1. The summed E-state index contributed by atoms with van der Waals surface area (Å²) in [7, 11) is 0. The van der Waals surface area contributed by atoms with Crippen molar-refractivity contribution in [3.8, 4) is 5.69 Å². The Bertz CT molecular complexity index is 1090. The van der Waals surface area contributed by atoms with E-state index in [4.69, 9.17) is 5.10 Å². The van der Waals surface area contributed by atoms with Crippen LogP contribution >= 0.6 is 0 Å². The first-order valence-electron chi connectivity index (χ1n) is 9.07. The third-order valence-electron chi connectivity index (χ3n) is 4.52. The van der Waals surface area contributed by atoms with Crippen LogP contribution in [0, 0.1) is 0 Å².